The summed E-state index contributed by atoms with van der Waals surface area (Å²) in [5.41, 5.74) is 0.627. The van der Waals surface area contributed by atoms with E-state index in [2.05, 4.69) is 9.97 Å². The summed E-state index contributed by atoms with van der Waals surface area (Å²) in [6, 6.07) is 0. The molecule has 0 radical (unpaired) electrons. The molecule has 0 bridgehead atoms. The molecule has 0 amide bonds. The average Bonchev–Trinajstić information content (AvgIpc) is 2.15. The zero-order chi connectivity index (χ0) is 6.69. The molecule has 0 atom stereocenters. The molecule has 0 aliphatic heterocycles. The van der Waals surface area contributed by atoms with Crippen LogP contribution in [0.4, 0.5) is 0 Å². The van der Waals surface area contributed by atoms with Crippen molar-refractivity contribution >= 4 is 5.97 Å². The Bertz CT molecular complexity index is 202. The van der Waals surface area contributed by atoms with Gasteiger partial charge in [0.25, 0.3) is 0 Å². The van der Waals surface area contributed by atoms with Gasteiger partial charge in [0.1, 0.15) is 0 Å². The number of carboxylic acids is 1. The Labute approximate surface area is 81.4 Å². The maximum atomic E-state index is 10.0. The van der Waals surface area contributed by atoms with Gasteiger partial charge in [-0.1, -0.05) is 0 Å². The molecule has 0 unspecified atom stereocenters. The first-order chi connectivity index (χ1) is 4.29. The van der Waals surface area contributed by atoms with Gasteiger partial charge in [-0.2, -0.15) is 0 Å². The molecule has 1 aromatic rings. The minimum absolute atomic E-state index is 0. The number of aliphatic carboxylic acids is 1. The Morgan fingerprint density at radius 1 is 1.90 bits per heavy atom. The van der Waals surface area contributed by atoms with Crippen LogP contribution in [0.25, 0.3) is 0 Å². The third-order valence-electron chi connectivity index (χ3n) is 0.897. The molecule has 0 aliphatic rings. The van der Waals surface area contributed by atoms with Crippen LogP contribution in [0.15, 0.2) is 12.5 Å². The van der Waals surface area contributed by atoms with E-state index >= 15 is 0 Å². The maximum absolute atomic E-state index is 10.0. The number of aromatic nitrogens is 2. The molecule has 10 heavy (non-hydrogen) atoms. The van der Waals surface area contributed by atoms with Crippen molar-refractivity contribution < 1.29 is 40.9 Å². The van der Waals surface area contributed by atoms with Crippen LogP contribution in [0.3, 0.4) is 0 Å². The summed E-state index contributed by atoms with van der Waals surface area (Å²) in [4.78, 5) is 16.4. The van der Waals surface area contributed by atoms with E-state index in [1.165, 1.54) is 12.5 Å². The van der Waals surface area contributed by atoms with Gasteiger partial charge < -0.3 is 11.5 Å². The monoisotopic (exact) mass is 150 g/mol. The van der Waals surface area contributed by atoms with Crippen LogP contribution < -0.4 is 29.6 Å². The summed E-state index contributed by atoms with van der Waals surface area (Å²) in [5.74, 6) is -0.848. The number of H-pyrrole nitrogens is 1. The fourth-order valence-electron chi connectivity index (χ4n) is 0.544. The molecule has 0 spiro atoms. The number of nitrogens with one attached hydrogen (secondary N) is 1. The minimum atomic E-state index is -0.848. The van der Waals surface area contributed by atoms with Gasteiger partial charge >= 0.3 is 35.5 Å². The maximum Gasteiger partial charge on any atom is 1.00 e. The van der Waals surface area contributed by atoms with E-state index in [0.717, 1.165) is 0 Å². The zero-order valence-corrected chi connectivity index (χ0v) is 7.66. The quantitative estimate of drug-likeness (QED) is 0.446. The summed E-state index contributed by atoms with van der Waals surface area (Å²) in [6.45, 7) is 0. The summed E-state index contributed by atoms with van der Waals surface area (Å²) in [6.07, 6.45) is 2.96. The molecule has 0 saturated heterocycles. The number of nitrogens with zero attached hydrogens (tertiary/aromatic N) is 1. The number of carbonyl (C=O) groups is 1. The number of hydrogen-bond donors (Lipinski definition) is 2. The SMILES string of the molecule is O=C(O)Cc1cnc[nH]1.[H-].[Na+]. The van der Waals surface area contributed by atoms with Crippen LogP contribution in [0, 0.1) is 0 Å². The summed E-state index contributed by atoms with van der Waals surface area (Å²) in [5, 5.41) is 8.24. The van der Waals surface area contributed by atoms with Crippen molar-refractivity contribution in [1.29, 1.82) is 0 Å². The molecule has 2 N–H and O–H groups in total. The summed E-state index contributed by atoms with van der Waals surface area (Å²) < 4.78 is 0. The predicted octanol–water partition coefficient (Wildman–Crippen LogP) is -2.85. The molecule has 0 saturated carbocycles. The smallest absolute Gasteiger partial charge is 1.00 e. The Kier molecular flexibility index (Phi) is 4.34. The van der Waals surface area contributed by atoms with E-state index in [-0.39, 0.29) is 37.4 Å². The number of carboxylic acid groups (broad SMARTS) is 1. The Morgan fingerprint density at radius 3 is 3.00 bits per heavy atom. The van der Waals surface area contributed by atoms with E-state index in [9.17, 15) is 4.79 Å². The number of imidazole rings is 1. The van der Waals surface area contributed by atoms with Crippen LogP contribution >= 0.6 is 0 Å². The van der Waals surface area contributed by atoms with Gasteiger partial charge in [0.2, 0.25) is 0 Å². The molecule has 50 valence electrons. The van der Waals surface area contributed by atoms with Gasteiger partial charge in [0.15, 0.2) is 0 Å². The summed E-state index contributed by atoms with van der Waals surface area (Å²) in [7, 11) is 0. The summed E-state index contributed by atoms with van der Waals surface area (Å²) >= 11 is 0. The normalized spacial score (nSPS) is 8.40. The first-order valence-electron chi connectivity index (χ1n) is 2.48. The topological polar surface area (TPSA) is 66.0 Å². The van der Waals surface area contributed by atoms with Gasteiger partial charge in [-0.25, -0.2) is 4.98 Å². The van der Waals surface area contributed by atoms with Gasteiger partial charge in [-0.15, -0.1) is 0 Å². The fraction of sp³-hybridized carbons (Fsp3) is 0.200. The van der Waals surface area contributed by atoms with Crippen LogP contribution in [-0.4, -0.2) is 21.0 Å². The van der Waals surface area contributed by atoms with Crippen molar-refractivity contribution in [2.24, 2.45) is 0 Å². The van der Waals surface area contributed by atoms with Crippen molar-refractivity contribution in [3.63, 3.8) is 0 Å². The molecular weight excluding hydrogens is 143 g/mol. The van der Waals surface area contributed by atoms with E-state index < -0.39 is 5.97 Å². The Balaban J connectivity index is 0. The van der Waals surface area contributed by atoms with Gasteiger partial charge in [-0.3, -0.25) is 4.79 Å². The van der Waals surface area contributed by atoms with Crippen LogP contribution in [0.5, 0.6) is 0 Å². The van der Waals surface area contributed by atoms with Gasteiger partial charge in [-0.05, 0) is 0 Å². The Morgan fingerprint density at radius 2 is 2.60 bits per heavy atom. The predicted molar refractivity (Wildman–Crippen MR) is 31.0 cm³/mol. The minimum Gasteiger partial charge on any atom is -1.00 e. The largest absolute Gasteiger partial charge is 1.00 e. The second-order valence-electron chi connectivity index (χ2n) is 1.65. The van der Waals surface area contributed by atoms with Crippen LogP contribution in [-0.2, 0) is 11.2 Å². The number of hydrogen-bond acceptors (Lipinski definition) is 2. The standard InChI is InChI=1S/C5H6N2O2.Na.H/c8-5(9)1-4-2-6-3-7-4;;/h2-3H,1H2,(H,6,7)(H,8,9);;/q;+1;-1. The van der Waals surface area contributed by atoms with Crippen molar-refractivity contribution in [3.8, 4) is 0 Å². The van der Waals surface area contributed by atoms with Gasteiger partial charge in [0.05, 0.1) is 12.7 Å². The molecule has 4 nitrogen and oxygen atoms in total. The van der Waals surface area contributed by atoms with Crippen LogP contribution in [0.2, 0.25) is 0 Å². The number of rotatable bonds is 2. The molecule has 1 aromatic heterocycles. The third-order valence-corrected chi connectivity index (χ3v) is 0.897. The van der Waals surface area contributed by atoms with E-state index in [0.29, 0.717) is 5.69 Å². The fourth-order valence-corrected chi connectivity index (χ4v) is 0.544. The molecule has 1 heterocycles. The zero-order valence-electron chi connectivity index (χ0n) is 6.66. The van der Waals surface area contributed by atoms with Gasteiger partial charge in [0, 0.05) is 11.9 Å². The molecule has 1 rings (SSSR count). The molecule has 5 heteroatoms. The van der Waals surface area contributed by atoms with Crippen LogP contribution in [0.1, 0.15) is 7.12 Å². The Hall–Kier alpha value is -0.320. The average molecular weight is 150 g/mol. The third kappa shape index (κ3) is 3.00. The van der Waals surface area contributed by atoms with E-state index in [4.69, 9.17) is 5.11 Å². The molecule has 0 fully saturated rings. The molecular formula is C5H7N2NaO2. The first-order valence-corrected chi connectivity index (χ1v) is 2.48. The van der Waals surface area contributed by atoms with Crippen molar-refractivity contribution in [1.82, 2.24) is 9.97 Å². The first kappa shape index (κ1) is 9.68. The van der Waals surface area contributed by atoms with E-state index in [1.54, 1.807) is 0 Å². The van der Waals surface area contributed by atoms with Crippen molar-refractivity contribution in [3.05, 3.63) is 18.2 Å². The van der Waals surface area contributed by atoms with E-state index in [1.807, 2.05) is 0 Å². The molecule has 0 aromatic carbocycles. The molecule has 0 aliphatic carbocycles. The second-order valence-corrected chi connectivity index (χ2v) is 1.65. The number of aromatic amines is 1. The van der Waals surface area contributed by atoms with Crippen molar-refractivity contribution in [2.75, 3.05) is 0 Å². The second kappa shape index (κ2) is 4.49. The van der Waals surface area contributed by atoms with Crippen molar-refractivity contribution in [2.45, 2.75) is 6.42 Å².